The van der Waals surface area contributed by atoms with E-state index < -0.39 is 12.0 Å². The number of aliphatic carboxylic acids is 1. The molecule has 2 aromatic rings. The van der Waals surface area contributed by atoms with Crippen LogP contribution in [-0.2, 0) is 11.2 Å². The van der Waals surface area contributed by atoms with Crippen molar-refractivity contribution >= 4 is 35.0 Å². The average molecular weight is 364 g/mol. The molecule has 1 aromatic heterocycles. The van der Waals surface area contributed by atoms with Gasteiger partial charge in [-0.1, -0.05) is 19.1 Å². The number of nitrogens with zero attached hydrogens (tertiary/aromatic N) is 1. The third kappa shape index (κ3) is 5.07. The molecule has 0 spiro atoms. The average Bonchev–Trinajstić information content (AvgIpc) is 3.03. The van der Waals surface area contributed by atoms with Crippen molar-refractivity contribution in [2.75, 3.05) is 6.26 Å². The number of carbonyl (C=O) groups is 2. The second-order valence-electron chi connectivity index (χ2n) is 5.27. The third-order valence-corrected chi connectivity index (χ3v) is 5.24. The molecule has 5 nitrogen and oxygen atoms in total. The van der Waals surface area contributed by atoms with Gasteiger partial charge in [0.1, 0.15) is 4.88 Å². The number of aryl methyl sites for hydroxylation is 1. The van der Waals surface area contributed by atoms with Crippen LogP contribution >= 0.6 is 23.1 Å². The van der Waals surface area contributed by atoms with E-state index in [4.69, 9.17) is 5.11 Å². The first-order valence-corrected chi connectivity index (χ1v) is 9.69. The van der Waals surface area contributed by atoms with Gasteiger partial charge in [0.15, 0.2) is 0 Å². The fourth-order valence-electron chi connectivity index (χ4n) is 2.24. The van der Waals surface area contributed by atoms with Crippen molar-refractivity contribution in [2.45, 2.75) is 37.1 Å². The van der Waals surface area contributed by atoms with Crippen molar-refractivity contribution in [1.82, 2.24) is 10.3 Å². The van der Waals surface area contributed by atoms with Crippen LogP contribution in [0.25, 0.3) is 0 Å². The predicted molar refractivity (Wildman–Crippen MR) is 96.8 cm³/mol. The SMILES string of the molecule is CCCc1ncc(C(=O)NC(CC(=O)O)c2ccc(SC)cc2)s1. The number of aromatic nitrogens is 1. The Bertz CT molecular complexity index is 698. The smallest absolute Gasteiger partial charge is 0.305 e. The van der Waals surface area contributed by atoms with E-state index in [9.17, 15) is 9.59 Å². The molecule has 0 aliphatic heterocycles. The minimum Gasteiger partial charge on any atom is -0.481 e. The molecule has 1 aromatic carbocycles. The van der Waals surface area contributed by atoms with E-state index in [1.807, 2.05) is 30.5 Å². The second kappa shape index (κ2) is 8.84. The monoisotopic (exact) mass is 364 g/mol. The first-order chi connectivity index (χ1) is 11.5. The lowest BCUT2D eigenvalue weighted by Gasteiger charge is -2.17. The highest BCUT2D eigenvalue weighted by atomic mass is 32.2. The molecule has 1 atom stereocenters. The zero-order chi connectivity index (χ0) is 17.5. The Balaban J connectivity index is 2.14. The Labute approximate surface area is 149 Å². The van der Waals surface area contributed by atoms with E-state index in [-0.39, 0.29) is 12.3 Å². The van der Waals surface area contributed by atoms with Crippen molar-refractivity contribution in [3.8, 4) is 0 Å². The minimum absolute atomic E-state index is 0.162. The van der Waals surface area contributed by atoms with Crippen LogP contribution in [0.2, 0.25) is 0 Å². The number of hydrogen-bond acceptors (Lipinski definition) is 5. The Morgan fingerprint density at radius 2 is 2.04 bits per heavy atom. The molecular weight excluding hydrogens is 344 g/mol. The van der Waals surface area contributed by atoms with Crippen molar-refractivity contribution < 1.29 is 14.7 Å². The van der Waals surface area contributed by atoms with Gasteiger partial charge >= 0.3 is 5.97 Å². The number of carboxylic acid groups (broad SMARTS) is 1. The lowest BCUT2D eigenvalue weighted by molar-refractivity contribution is -0.137. The van der Waals surface area contributed by atoms with E-state index in [1.165, 1.54) is 11.3 Å². The molecule has 0 fully saturated rings. The van der Waals surface area contributed by atoms with Crippen molar-refractivity contribution in [3.05, 3.63) is 45.9 Å². The van der Waals surface area contributed by atoms with Gasteiger partial charge in [-0.15, -0.1) is 23.1 Å². The highest BCUT2D eigenvalue weighted by Crippen LogP contribution is 2.23. The summed E-state index contributed by atoms with van der Waals surface area (Å²) in [5, 5.41) is 12.9. The molecular formula is C17H20N2O3S2. The van der Waals surface area contributed by atoms with E-state index in [1.54, 1.807) is 18.0 Å². The first kappa shape index (κ1) is 18.5. The summed E-state index contributed by atoms with van der Waals surface area (Å²) in [5.74, 6) is -1.24. The van der Waals surface area contributed by atoms with Crippen LogP contribution in [0.1, 0.15) is 46.0 Å². The van der Waals surface area contributed by atoms with E-state index in [0.717, 1.165) is 28.3 Å². The van der Waals surface area contributed by atoms with Gasteiger partial charge < -0.3 is 10.4 Å². The van der Waals surface area contributed by atoms with Gasteiger partial charge in [0.2, 0.25) is 0 Å². The molecule has 0 aliphatic carbocycles. The number of amides is 1. The summed E-state index contributed by atoms with van der Waals surface area (Å²) >= 11 is 2.96. The molecule has 0 saturated carbocycles. The number of thiazole rings is 1. The number of thioether (sulfide) groups is 1. The van der Waals surface area contributed by atoms with Gasteiger partial charge in [-0.25, -0.2) is 4.98 Å². The molecule has 1 heterocycles. The first-order valence-electron chi connectivity index (χ1n) is 7.64. The highest BCUT2D eigenvalue weighted by Gasteiger charge is 2.20. The van der Waals surface area contributed by atoms with E-state index in [0.29, 0.717) is 4.88 Å². The van der Waals surface area contributed by atoms with Gasteiger partial charge in [0, 0.05) is 4.90 Å². The highest BCUT2D eigenvalue weighted by molar-refractivity contribution is 7.98. The Morgan fingerprint density at radius 1 is 1.33 bits per heavy atom. The maximum absolute atomic E-state index is 12.4. The summed E-state index contributed by atoms with van der Waals surface area (Å²) in [6.07, 6.45) is 5.18. The summed E-state index contributed by atoms with van der Waals surface area (Å²) in [6, 6.07) is 6.99. The normalized spacial score (nSPS) is 11.9. The second-order valence-corrected chi connectivity index (χ2v) is 7.26. The number of benzene rings is 1. The molecule has 0 aliphatic rings. The van der Waals surface area contributed by atoms with Crippen LogP contribution in [0.5, 0.6) is 0 Å². The summed E-state index contributed by atoms with van der Waals surface area (Å²) in [6.45, 7) is 2.06. The number of nitrogens with one attached hydrogen (secondary N) is 1. The molecule has 0 bridgehead atoms. The maximum atomic E-state index is 12.4. The Kier molecular flexibility index (Phi) is 6.81. The maximum Gasteiger partial charge on any atom is 0.305 e. The standard InChI is InChI=1S/C17H20N2O3S2/c1-3-4-15-18-10-14(24-15)17(22)19-13(9-16(20)21)11-5-7-12(23-2)8-6-11/h5-8,10,13H,3-4,9H2,1-2H3,(H,19,22)(H,20,21). The van der Waals surface area contributed by atoms with E-state index >= 15 is 0 Å². The van der Waals surface area contributed by atoms with Gasteiger partial charge in [-0.3, -0.25) is 9.59 Å². The largest absolute Gasteiger partial charge is 0.481 e. The van der Waals surface area contributed by atoms with Crippen molar-refractivity contribution in [3.63, 3.8) is 0 Å². The zero-order valence-corrected chi connectivity index (χ0v) is 15.2. The molecule has 2 N–H and O–H groups in total. The molecule has 0 radical (unpaired) electrons. The molecule has 1 unspecified atom stereocenters. The van der Waals surface area contributed by atoms with Crippen LogP contribution < -0.4 is 5.32 Å². The third-order valence-electron chi connectivity index (χ3n) is 3.44. The Hall–Kier alpha value is -1.86. The van der Waals surface area contributed by atoms with Crippen molar-refractivity contribution in [2.24, 2.45) is 0 Å². The Morgan fingerprint density at radius 3 is 2.62 bits per heavy atom. The van der Waals surface area contributed by atoms with Crippen LogP contribution in [0.15, 0.2) is 35.4 Å². The molecule has 0 saturated heterocycles. The summed E-state index contributed by atoms with van der Waals surface area (Å²) in [5.41, 5.74) is 0.779. The molecule has 7 heteroatoms. The number of carbonyl (C=O) groups excluding carboxylic acids is 1. The van der Waals surface area contributed by atoms with Crippen LogP contribution in [-0.4, -0.2) is 28.2 Å². The summed E-state index contributed by atoms with van der Waals surface area (Å²) in [7, 11) is 0. The lowest BCUT2D eigenvalue weighted by Crippen LogP contribution is -2.29. The van der Waals surface area contributed by atoms with Crippen LogP contribution in [0, 0.1) is 0 Å². The van der Waals surface area contributed by atoms with E-state index in [2.05, 4.69) is 17.2 Å². The number of rotatable bonds is 8. The van der Waals surface area contributed by atoms with Gasteiger partial charge in [0.25, 0.3) is 5.91 Å². The predicted octanol–water partition coefficient (Wildman–Crippen LogP) is 3.76. The fraction of sp³-hybridized carbons (Fsp3) is 0.353. The minimum atomic E-state index is -0.954. The fourth-order valence-corrected chi connectivity index (χ4v) is 3.57. The quantitative estimate of drug-likeness (QED) is 0.697. The van der Waals surface area contributed by atoms with Crippen molar-refractivity contribution in [1.29, 1.82) is 0 Å². The number of hydrogen-bond donors (Lipinski definition) is 2. The molecule has 1 amide bonds. The summed E-state index contributed by atoms with van der Waals surface area (Å²) < 4.78 is 0. The van der Waals surface area contributed by atoms with Crippen LogP contribution in [0.4, 0.5) is 0 Å². The lowest BCUT2D eigenvalue weighted by atomic mass is 10.0. The van der Waals surface area contributed by atoms with Crippen LogP contribution in [0.3, 0.4) is 0 Å². The number of carboxylic acids is 1. The van der Waals surface area contributed by atoms with Gasteiger partial charge in [-0.2, -0.15) is 0 Å². The topological polar surface area (TPSA) is 79.3 Å². The van der Waals surface area contributed by atoms with Gasteiger partial charge in [0.05, 0.1) is 23.7 Å². The van der Waals surface area contributed by atoms with Gasteiger partial charge in [-0.05, 0) is 36.8 Å². The molecule has 128 valence electrons. The zero-order valence-electron chi connectivity index (χ0n) is 13.6. The summed E-state index contributed by atoms with van der Waals surface area (Å²) in [4.78, 5) is 29.4. The molecule has 24 heavy (non-hydrogen) atoms. The molecule has 2 rings (SSSR count).